The Morgan fingerprint density at radius 3 is 2.28 bits per heavy atom. The standard InChI is InChI=1S/C16H26N2/c1-5-16(18-8-6-17-7-9-18)15-11-13(3)12(2)10-14(15)4/h10-11,16-17H,5-9H2,1-4H3. The molecule has 1 aromatic rings. The molecule has 0 aromatic heterocycles. The summed E-state index contributed by atoms with van der Waals surface area (Å²) >= 11 is 0. The van der Waals surface area contributed by atoms with Crippen molar-refractivity contribution in [3.63, 3.8) is 0 Å². The molecule has 1 aromatic carbocycles. The summed E-state index contributed by atoms with van der Waals surface area (Å²) < 4.78 is 0. The Hall–Kier alpha value is -0.860. The van der Waals surface area contributed by atoms with E-state index in [0.717, 1.165) is 13.1 Å². The summed E-state index contributed by atoms with van der Waals surface area (Å²) in [7, 11) is 0. The van der Waals surface area contributed by atoms with Crippen molar-refractivity contribution in [3.05, 3.63) is 34.4 Å². The van der Waals surface area contributed by atoms with Crippen LogP contribution in [-0.2, 0) is 0 Å². The Kier molecular flexibility index (Phi) is 4.41. The van der Waals surface area contributed by atoms with Gasteiger partial charge in [0.1, 0.15) is 0 Å². The molecule has 0 aliphatic carbocycles. The largest absolute Gasteiger partial charge is 0.314 e. The van der Waals surface area contributed by atoms with E-state index in [1.54, 1.807) is 0 Å². The topological polar surface area (TPSA) is 15.3 Å². The van der Waals surface area contributed by atoms with Crippen LogP contribution >= 0.6 is 0 Å². The maximum absolute atomic E-state index is 3.44. The van der Waals surface area contributed by atoms with E-state index in [4.69, 9.17) is 0 Å². The van der Waals surface area contributed by atoms with E-state index in [9.17, 15) is 0 Å². The number of hydrogen-bond donors (Lipinski definition) is 1. The second-order valence-electron chi connectivity index (χ2n) is 5.50. The molecular formula is C16H26N2. The van der Waals surface area contributed by atoms with Gasteiger partial charge in [-0.3, -0.25) is 4.90 Å². The van der Waals surface area contributed by atoms with Crippen LogP contribution in [0, 0.1) is 20.8 Å². The van der Waals surface area contributed by atoms with Crippen molar-refractivity contribution in [2.24, 2.45) is 0 Å². The van der Waals surface area contributed by atoms with Gasteiger partial charge >= 0.3 is 0 Å². The van der Waals surface area contributed by atoms with Crippen LogP contribution < -0.4 is 5.32 Å². The highest BCUT2D eigenvalue weighted by Gasteiger charge is 2.22. The molecule has 100 valence electrons. The lowest BCUT2D eigenvalue weighted by atomic mass is 9.93. The Morgan fingerprint density at radius 2 is 1.67 bits per heavy atom. The molecule has 1 saturated heterocycles. The molecule has 1 aliphatic rings. The molecule has 0 bridgehead atoms. The maximum atomic E-state index is 3.44. The van der Waals surface area contributed by atoms with Crippen LogP contribution in [0.2, 0.25) is 0 Å². The van der Waals surface area contributed by atoms with Crippen molar-refractivity contribution in [1.29, 1.82) is 0 Å². The third-order valence-corrected chi connectivity index (χ3v) is 4.22. The zero-order chi connectivity index (χ0) is 13.1. The number of aryl methyl sites for hydroxylation is 3. The van der Waals surface area contributed by atoms with Gasteiger partial charge in [-0.05, 0) is 49.4 Å². The molecule has 2 rings (SSSR count). The highest BCUT2D eigenvalue weighted by Crippen LogP contribution is 2.29. The number of rotatable bonds is 3. The maximum Gasteiger partial charge on any atom is 0.0349 e. The zero-order valence-corrected chi connectivity index (χ0v) is 12.2. The zero-order valence-electron chi connectivity index (χ0n) is 12.2. The first kappa shape index (κ1) is 13.6. The number of nitrogens with zero attached hydrogens (tertiary/aromatic N) is 1. The monoisotopic (exact) mass is 246 g/mol. The van der Waals surface area contributed by atoms with Crippen LogP contribution in [0.15, 0.2) is 12.1 Å². The molecule has 0 saturated carbocycles. The van der Waals surface area contributed by atoms with Crippen LogP contribution in [0.25, 0.3) is 0 Å². The van der Waals surface area contributed by atoms with Crippen molar-refractivity contribution in [2.45, 2.75) is 40.2 Å². The molecule has 0 amide bonds. The fourth-order valence-corrected chi connectivity index (χ4v) is 3.01. The van der Waals surface area contributed by atoms with Gasteiger partial charge in [0.2, 0.25) is 0 Å². The molecule has 1 fully saturated rings. The molecule has 1 aliphatic heterocycles. The molecule has 1 heterocycles. The molecule has 18 heavy (non-hydrogen) atoms. The summed E-state index contributed by atoms with van der Waals surface area (Å²) in [4.78, 5) is 2.63. The molecule has 1 atom stereocenters. The fraction of sp³-hybridized carbons (Fsp3) is 0.625. The van der Waals surface area contributed by atoms with Gasteiger partial charge in [0.05, 0.1) is 0 Å². The normalized spacial score (nSPS) is 18.9. The third-order valence-electron chi connectivity index (χ3n) is 4.22. The fourth-order valence-electron chi connectivity index (χ4n) is 3.01. The summed E-state index contributed by atoms with van der Waals surface area (Å²) in [6.07, 6.45) is 1.20. The number of nitrogens with one attached hydrogen (secondary N) is 1. The van der Waals surface area contributed by atoms with E-state index in [0.29, 0.717) is 6.04 Å². The van der Waals surface area contributed by atoms with Crippen molar-refractivity contribution in [3.8, 4) is 0 Å². The minimum Gasteiger partial charge on any atom is -0.314 e. The van der Waals surface area contributed by atoms with Crippen molar-refractivity contribution in [2.75, 3.05) is 26.2 Å². The van der Waals surface area contributed by atoms with Crippen molar-refractivity contribution in [1.82, 2.24) is 10.2 Å². The molecule has 1 unspecified atom stereocenters. The summed E-state index contributed by atoms with van der Waals surface area (Å²) in [6.45, 7) is 13.6. The van der Waals surface area contributed by atoms with Gasteiger partial charge in [0.25, 0.3) is 0 Å². The summed E-state index contributed by atoms with van der Waals surface area (Å²) in [5.74, 6) is 0. The Labute approximate surface area is 111 Å². The predicted molar refractivity (Wildman–Crippen MR) is 78.1 cm³/mol. The molecule has 2 nitrogen and oxygen atoms in total. The number of hydrogen-bond acceptors (Lipinski definition) is 2. The van der Waals surface area contributed by atoms with E-state index in [-0.39, 0.29) is 0 Å². The van der Waals surface area contributed by atoms with E-state index in [2.05, 4.69) is 50.0 Å². The minimum atomic E-state index is 0.589. The average Bonchev–Trinajstić information content (AvgIpc) is 2.38. The lowest BCUT2D eigenvalue weighted by molar-refractivity contribution is 0.169. The first-order valence-electron chi connectivity index (χ1n) is 7.16. The van der Waals surface area contributed by atoms with Gasteiger partial charge in [0, 0.05) is 32.2 Å². The summed E-state index contributed by atoms with van der Waals surface area (Å²) in [5, 5.41) is 3.44. The first-order chi connectivity index (χ1) is 8.63. The highest BCUT2D eigenvalue weighted by molar-refractivity contribution is 5.38. The van der Waals surface area contributed by atoms with Gasteiger partial charge in [-0.1, -0.05) is 19.1 Å². The smallest absolute Gasteiger partial charge is 0.0349 e. The van der Waals surface area contributed by atoms with Crippen LogP contribution in [0.3, 0.4) is 0 Å². The van der Waals surface area contributed by atoms with Gasteiger partial charge in [-0.2, -0.15) is 0 Å². The van der Waals surface area contributed by atoms with E-state index < -0.39 is 0 Å². The van der Waals surface area contributed by atoms with Crippen LogP contribution in [0.5, 0.6) is 0 Å². The molecule has 0 spiro atoms. The molecule has 2 heteroatoms. The quantitative estimate of drug-likeness (QED) is 0.882. The number of benzene rings is 1. The van der Waals surface area contributed by atoms with Gasteiger partial charge in [0.15, 0.2) is 0 Å². The van der Waals surface area contributed by atoms with Crippen molar-refractivity contribution >= 4 is 0 Å². The lowest BCUT2D eigenvalue weighted by Gasteiger charge is -2.35. The van der Waals surface area contributed by atoms with Crippen LogP contribution in [0.1, 0.15) is 41.6 Å². The second kappa shape index (κ2) is 5.85. The SMILES string of the molecule is CCC(c1cc(C)c(C)cc1C)N1CCNCC1. The Morgan fingerprint density at radius 1 is 1.06 bits per heavy atom. The van der Waals surface area contributed by atoms with Gasteiger partial charge in [-0.25, -0.2) is 0 Å². The third kappa shape index (κ3) is 2.76. The summed E-state index contributed by atoms with van der Waals surface area (Å²) in [6, 6.07) is 5.34. The Balaban J connectivity index is 2.28. The van der Waals surface area contributed by atoms with Gasteiger partial charge in [-0.15, -0.1) is 0 Å². The van der Waals surface area contributed by atoms with Gasteiger partial charge < -0.3 is 5.32 Å². The van der Waals surface area contributed by atoms with Crippen LogP contribution in [-0.4, -0.2) is 31.1 Å². The minimum absolute atomic E-state index is 0.589. The van der Waals surface area contributed by atoms with E-state index in [1.807, 2.05) is 0 Å². The predicted octanol–water partition coefficient (Wildman–Crippen LogP) is 2.97. The molecule has 0 radical (unpaired) electrons. The highest BCUT2D eigenvalue weighted by atomic mass is 15.2. The van der Waals surface area contributed by atoms with Crippen molar-refractivity contribution < 1.29 is 0 Å². The number of piperazine rings is 1. The molecule has 1 N–H and O–H groups in total. The second-order valence-corrected chi connectivity index (χ2v) is 5.50. The average molecular weight is 246 g/mol. The Bertz CT molecular complexity index is 406. The first-order valence-corrected chi connectivity index (χ1v) is 7.16. The van der Waals surface area contributed by atoms with E-state index >= 15 is 0 Å². The lowest BCUT2D eigenvalue weighted by Crippen LogP contribution is -2.45. The summed E-state index contributed by atoms with van der Waals surface area (Å²) in [5.41, 5.74) is 5.81. The molecular weight excluding hydrogens is 220 g/mol. The van der Waals surface area contributed by atoms with E-state index in [1.165, 1.54) is 41.8 Å². The van der Waals surface area contributed by atoms with Crippen LogP contribution in [0.4, 0.5) is 0 Å².